The molecular formula is C18H19F4N7O. The topological polar surface area (TPSA) is 99.7 Å². The second-order valence-corrected chi connectivity index (χ2v) is 6.99. The molecule has 0 saturated heterocycles. The van der Waals surface area contributed by atoms with Gasteiger partial charge < -0.3 is 15.2 Å². The van der Waals surface area contributed by atoms with Crippen molar-refractivity contribution >= 4 is 22.8 Å². The second kappa shape index (κ2) is 8.20. The van der Waals surface area contributed by atoms with Crippen LogP contribution in [0.5, 0.6) is 0 Å². The number of hydrogen-bond acceptors (Lipinski definition) is 6. The number of carbonyl (C=O) groups excluding carboxylic acids is 1. The number of alkyl halides is 3. The van der Waals surface area contributed by atoms with Crippen LogP contribution in [0.1, 0.15) is 13.8 Å². The van der Waals surface area contributed by atoms with Crippen LogP contribution < -0.4 is 10.2 Å². The molecule has 160 valence electrons. The maximum Gasteiger partial charge on any atom is 0.405 e. The van der Waals surface area contributed by atoms with E-state index in [2.05, 4.69) is 24.9 Å². The van der Waals surface area contributed by atoms with E-state index in [0.717, 1.165) is 6.20 Å². The molecule has 1 atom stereocenters. The number of rotatable bonds is 6. The Bertz CT molecular complexity index is 1050. The lowest BCUT2D eigenvalue weighted by Gasteiger charge is -2.31. The average Bonchev–Trinajstić information content (AvgIpc) is 3.10. The standard InChI is InChI=1S/C18H19F4N7O/c1-9(2)13(17(30)26-7-18(20,21)22)29(3)16-12(19)6-25-15(28-16)11-5-24-14-10(11)4-23-8-27-14/h4-6,8-9,13H,7H2,1-3H3,(H,26,30)(H,23,24,27). The predicted molar refractivity (Wildman–Crippen MR) is 101 cm³/mol. The molecule has 0 bridgehead atoms. The van der Waals surface area contributed by atoms with Gasteiger partial charge in [0, 0.05) is 30.4 Å². The number of aromatic amines is 1. The van der Waals surface area contributed by atoms with Gasteiger partial charge >= 0.3 is 6.18 Å². The van der Waals surface area contributed by atoms with Gasteiger partial charge in [0.2, 0.25) is 5.91 Å². The Kier molecular flexibility index (Phi) is 5.85. The number of aromatic nitrogens is 5. The van der Waals surface area contributed by atoms with Gasteiger partial charge in [0.1, 0.15) is 24.6 Å². The summed E-state index contributed by atoms with van der Waals surface area (Å²) in [6.45, 7) is 1.81. The van der Waals surface area contributed by atoms with Gasteiger partial charge in [-0.1, -0.05) is 13.8 Å². The number of halogens is 4. The van der Waals surface area contributed by atoms with E-state index in [-0.39, 0.29) is 11.6 Å². The number of likely N-dealkylation sites (N-methyl/N-ethyl adjacent to an activating group) is 1. The minimum atomic E-state index is -4.56. The highest BCUT2D eigenvalue weighted by Crippen LogP contribution is 2.28. The van der Waals surface area contributed by atoms with Crippen LogP contribution >= 0.6 is 0 Å². The first-order valence-corrected chi connectivity index (χ1v) is 8.95. The molecule has 3 aromatic heterocycles. The quantitative estimate of drug-likeness (QED) is 0.589. The molecular weight excluding hydrogens is 406 g/mol. The molecule has 0 spiro atoms. The molecule has 3 aromatic rings. The lowest BCUT2D eigenvalue weighted by Crippen LogP contribution is -2.50. The van der Waals surface area contributed by atoms with Gasteiger partial charge in [-0.15, -0.1) is 0 Å². The number of H-pyrrole nitrogens is 1. The Balaban J connectivity index is 1.95. The van der Waals surface area contributed by atoms with Gasteiger partial charge in [-0.05, 0) is 5.92 Å². The van der Waals surface area contributed by atoms with Crippen molar-refractivity contribution in [1.82, 2.24) is 30.2 Å². The van der Waals surface area contributed by atoms with Crippen LogP contribution in [0.25, 0.3) is 22.4 Å². The van der Waals surface area contributed by atoms with Gasteiger partial charge in [-0.3, -0.25) is 4.79 Å². The molecule has 30 heavy (non-hydrogen) atoms. The van der Waals surface area contributed by atoms with Gasteiger partial charge in [-0.2, -0.15) is 13.2 Å². The summed E-state index contributed by atoms with van der Waals surface area (Å²) in [6.07, 6.45) is 0.889. The van der Waals surface area contributed by atoms with Gasteiger partial charge in [0.05, 0.1) is 6.20 Å². The Labute approximate surface area is 168 Å². The zero-order valence-electron chi connectivity index (χ0n) is 16.3. The fourth-order valence-electron chi connectivity index (χ4n) is 3.13. The SMILES string of the molecule is CC(C)C(C(=O)NCC(F)(F)F)N(C)c1nc(-c2c[nH]c3ncncc23)ncc1F. The molecule has 0 aliphatic carbocycles. The number of nitrogens with one attached hydrogen (secondary N) is 2. The first kappa shape index (κ1) is 21.4. The predicted octanol–water partition coefficient (Wildman–Crippen LogP) is 2.69. The summed E-state index contributed by atoms with van der Waals surface area (Å²) < 4.78 is 52.0. The van der Waals surface area contributed by atoms with E-state index in [1.165, 1.54) is 18.3 Å². The van der Waals surface area contributed by atoms with Gasteiger partial charge in [0.15, 0.2) is 17.5 Å². The van der Waals surface area contributed by atoms with Crippen molar-refractivity contribution in [1.29, 1.82) is 0 Å². The van der Waals surface area contributed by atoms with Crippen molar-refractivity contribution in [3.63, 3.8) is 0 Å². The molecule has 12 heteroatoms. The summed E-state index contributed by atoms with van der Waals surface area (Å²) >= 11 is 0. The molecule has 0 aliphatic rings. The summed E-state index contributed by atoms with van der Waals surface area (Å²) in [4.78, 5) is 32.8. The van der Waals surface area contributed by atoms with Crippen molar-refractivity contribution in [2.75, 3.05) is 18.5 Å². The van der Waals surface area contributed by atoms with Crippen LogP contribution in [-0.2, 0) is 4.79 Å². The number of nitrogens with zero attached hydrogens (tertiary/aromatic N) is 5. The monoisotopic (exact) mass is 425 g/mol. The normalized spacial score (nSPS) is 12.9. The number of carbonyl (C=O) groups is 1. The van der Waals surface area contributed by atoms with Crippen molar-refractivity contribution < 1.29 is 22.4 Å². The summed E-state index contributed by atoms with van der Waals surface area (Å²) in [6, 6.07) is -1.09. The third-order valence-electron chi connectivity index (χ3n) is 4.44. The third kappa shape index (κ3) is 4.47. The molecule has 8 nitrogen and oxygen atoms in total. The summed E-state index contributed by atoms with van der Waals surface area (Å²) in [5.41, 5.74) is 1.05. The Morgan fingerprint density at radius 3 is 2.67 bits per heavy atom. The highest BCUT2D eigenvalue weighted by molar-refractivity contribution is 5.91. The number of fused-ring (bicyclic) bond motifs is 1. The van der Waals surface area contributed by atoms with E-state index < -0.39 is 36.4 Å². The zero-order valence-corrected chi connectivity index (χ0v) is 16.3. The fourth-order valence-corrected chi connectivity index (χ4v) is 3.13. The number of amides is 1. The zero-order chi connectivity index (χ0) is 22.1. The highest BCUT2D eigenvalue weighted by atomic mass is 19.4. The molecule has 3 heterocycles. The lowest BCUT2D eigenvalue weighted by atomic mass is 10.0. The van der Waals surface area contributed by atoms with Gasteiger partial charge in [0.25, 0.3) is 0 Å². The van der Waals surface area contributed by atoms with E-state index in [9.17, 15) is 22.4 Å². The molecule has 1 amide bonds. The molecule has 3 rings (SSSR count). The van der Waals surface area contributed by atoms with Crippen LogP contribution in [-0.4, -0.2) is 56.6 Å². The summed E-state index contributed by atoms with van der Waals surface area (Å²) in [5.74, 6) is -2.19. The number of anilines is 1. The Morgan fingerprint density at radius 2 is 2.00 bits per heavy atom. The molecule has 0 aromatic carbocycles. The van der Waals surface area contributed by atoms with Crippen LogP contribution in [0.2, 0.25) is 0 Å². The van der Waals surface area contributed by atoms with Crippen molar-refractivity contribution in [2.45, 2.75) is 26.1 Å². The highest BCUT2D eigenvalue weighted by Gasteiger charge is 2.33. The number of hydrogen-bond donors (Lipinski definition) is 2. The second-order valence-electron chi connectivity index (χ2n) is 6.99. The van der Waals surface area contributed by atoms with E-state index >= 15 is 0 Å². The molecule has 0 aliphatic heterocycles. The van der Waals surface area contributed by atoms with E-state index in [4.69, 9.17) is 0 Å². The minimum absolute atomic E-state index is 0.150. The first-order chi connectivity index (χ1) is 14.1. The lowest BCUT2D eigenvalue weighted by molar-refractivity contribution is -0.139. The average molecular weight is 425 g/mol. The maximum absolute atomic E-state index is 14.5. The maximum atomic E-state index is 14.5. The molecule has 2 N–H and O–H groups in total. The fraction of sp³-hybridized carbons (Fsp3) is 0.389. The summed E-state index contributed by atoms with van der Waals surface area (Å²) in [5, 5.41) is 2.46. The van der Waals surface area contributed by atoms with E-state index in [1.807, 2.05) is 5.32 Å². The first-order valence-electron chi connectivity index (χ1n) is 8.95. The molecule has 0 fully saturated rings. The Hall–Kier alpha value is -3.31. The van der Waals surface area contributed by atoms with Gasteiger partial charge in [-0.25, -0.2) is 24.3 Å². The van der Waals surface area contributed by atoms with E-state index in [0.29, 0.717) is 16.6 Å². The smallest absolute Gasteiger partial charge is 0.345 e. The van der Waals surface area contributed by atoms with Crippen LogP contribution in [0.15, 0.2) is 24.9 Å². The summed E-state index contributed by atoms with van der Waals surface area (Å²) in [7, 11) is 1.39. The van der Waals surface area contributed by atoms with Crippen molar-refractivity contribution in [3.8, 4) is 11.4 Å². The minimum Gasteiger partial charge on any atom is -0.345 e. The van der Waals surface area contributed by atoms with Crippen LogP contribution in [0.4, 0.5) is 23.4 Å². The van der Waals surface area contributed by atoms with Crippen molar-refractivity contribution in [2.24, 2.45) is 5.92 Å². The Morgan fingerprint density at radius 1 is 1.27 bits per heavy atom. The van der Waals surface area contributed by atoms with E-state index in [1.54, 1.807) is 26.2 Å². The van der Waals surface area contributed by atoms with Crippen molar-refractivity contribution in [3.05, 3.63) is 30.7 Å². The largest absolute Gasteiger partial charge is 0.405 e. The van der Waals surface area contributed by atoms with Crippen LogP contribution in [0.3, 0.4) is 0 Å². The van der Waals surface area contributed by atoms with Crippen LogP contribution in [0, 0.1) is 11.7 Å². The third-order valence-corrected chi connectivity index (χ3v) is 4.44. The molecule has 1 unspecified atom stereocenters. The molecule has 0 radical (unpaired) electrons. The molecule has 0 saturated carbocycles.